The van der Waals surface area contributed by atoms with Gasteiger partial charge in [0.15, 0.2) is 0 Å². The Labute approximate surface area is 128 Å². The predicted octanol–water partition coefficient (Wildman–Crippen LogP) is 2.32. The van der Waals surface area contributed by atoms with Gasteiger partial charge in [-0.25, -0.2) is 4.68 Å². The van der Waals surface area contributed by atoms with Gasteiger partial charge in [-0.1, -0.05) is 11.8 Å². The van der Waals surface area contributed by atoms with Crippen LogP contribution in [0.25, 0.3) is 0 Å². The smallest absolute Gasteiger partial charge is 0.453 e. The minimum absolute atomic E-state index is 0.0443. The molecule has 2 aromatic rings. The fourth-order valence-electron chi connectivity index (χ4n) is 1.71. The van der Waals surface area contributed by atoms with E-state index >= 15 is 0 Å². The van der Waals surface area contributed by atoms with Crippen LogP contribution in [0.1, 0.15) is 11.4 Å². The average Bonchev–Trinajstić information content (AvgIpc) is 2.85. The molecule has 6 nitrogen and oxygen atoms in total. The lowest BCUT2D eigenvalue weighted by atomic mass is 10.2. The maximum atomic E-state index is 12.6. The average molecular weight is 334 g/mol. The van der Waals surface area contributed by atoms with Gasteiger partial charge >= 0.3 is 6.18 Å². The monoisotopic (exact) mass is 334 g/mol. The van der Waals surface area contributed by atoms with Gasteiger partial charge in [0.25, 0.3) is 5.82 Å². The van der Waals surface area contributed by atoms with Crippen LogP contribution in [0.4, 0.5) is 13.2 Å². The van der Waals surface area contributed by atoms with Crippen molar-refractivity contribution in [2.45, 2.75) is 17.1 Å². The van der Waals surface area contributed by atoms with Gasteiger partial charge in [-0.2, -0.15) is 13.2 Å². The van der Waals surface area contributed by atoms with Crippen molar-refractivity contribution >= 4 is 11.8 Å². The Bertz CT molecular complexity index is 660. The van der Waals surface area contributed by atoms with Gasteiger partial charge in [-0.3, -0.25) is 0 Å². The molecule has 2 N–H and O–H groups in total. The van der Waals surface area contributed by atoms with E-state index in [2.05, 4.69) is 10.2 Å². The number of hydrogen-bond donors (Lipinski definition) is 1. The normalized spacial score (nSPS) is 11.5. The number of rotatable bonds is 5. The summed E-state index contributed by atoms with van der Waals surface area (Å²) in [5, 5.41) is 6.47. The largest absolute Gasteiger partial charge is 0.497 e. The number of nitrogens with zero attached hydrogens (tertiary/aromatic N) is 3. The molecular weight excluding hydrogens is 321 g/mol. The van der Waals surface area contributed by atoms with Crippen LogP contribution in [0, 0.1) is 0 Å². The van der Waals surface area contributed by atoms with Crippen molar-refractivity contribution in [1.82, 2.24) is 14.9 Å². The summed E-state index contributed by atoms with van der Waals surface area (Å²) >= 11 is 1.01. The Morgan fingerprint density at radius 1 is 1.23 bits per heavy atom. The molecule has 0 saturated heterocycles. The number of methoxy groups -OCH3 is 2. The van der Waals surface area contributed by atoms with E-state index in [4.69, 9.17) is 15.3 Å². The summed E-state index contributed by atoms with van der Waals surface area (Å²) in [6, 6.07) is 5.16. The second-order valence-corrected chi connectivity index (χ2v) is 5.08. The maximum Gasteiger partial charge on any atom is 0.453 e. The third kappa shape index (κ3) is 3.38. The van der Waals surface area contributed by atoms with Crippen molar-refractivity contribution in [1.29, 1.82) is 0 Å². The topological polar surface area (TPSA) is 75.2 Å². The van der Waals surface area contributed by atoms with E-state index in [1.165, 1.54) is 14.2 Å². The second-order valence-electron chi connectivity index (χ2n) is 4.14. The zero-order valence-electron chi connectivity index (χ0n) is 11.7. The van der Waals surface area contributed by atoms with Gasteiger partial charge in [-0.15, -0.1) is 10.2 Å². The van der Waals surface area contributed by atoms with E-state index in [9.17, 15) is 13.2 Å². The first-order chi connectivity index (χ1) is 10.4. The summed E-state index contributed by atoms with van der Waals surface area (Å²) in [5.41, 5.74) is 0.739. The lowest BCUT2D eigenvalue weighted by Gasteiger charge is -2.10. The Hall–Kier alpha value is -2.10. The molecule has 0 amide bonds. The third-order valence-electron chi connectivity index (χ3n) is 2.76. The number of alkyl halides is 3. The molecule has 0 saturated carbocycles. The molecule has 1 heterocycles. The number of nitrogen functional groups attached to an aromatic ring is 1. The molecule has 0 aliphatic carbocycles. The van der Waals surface area contributed by atoms with E-state index < -0.39 is 12.0 Å². The molecule has 0 unspecified atom stereocenters. The summed E-state index contributed by atoms with van der Waals surface area (Å²) in [5.74, 6) is 5.63. The van der Waals surface area contributed by atoms with E-state index in [0.29, 0.717) is 21.9 Å². The molecule has 0 atom stereocenters. The van der Waals surface area contributed by atoms with Crippen LogP contribution in [-0.4, -0.2) is 29.1 Å². The van der Waals surface area contributed by atoms with Crippen LogP contribution in [0.5, 0.6) is 11.5 Å². The molecule has 2 rings (SSSR count). The van der Waals surface area contributed by atoms with Crippen molar-refractivity contribution in [2.24, 2.45) is 0 Å². The molecule has 0 bridgehead atoms. The summed E-state index contributed by atoms with van der Waals surface area (Å²) < 4.78 is 48.5. The Balaban J connectivity index is 2.19. The highest BCUT2D eigenvalue weighted by Crippen LogP contribution is 2.32. The van der Waals surface area contributed by atoms with Gasteiger partial charge in [0, 0.05) is 11.3 Å². The Morgan fingerprint density at radius 2 is 1.95 bits per heavy atom. The second kappa shape index (κ2) is 6.34. The number of benzene rings is 1. The fraction of sp³-hybridized carbons (Fsp3) is 0.333. The van der Waals surface area contributed by atoms with Crippen molar-refractivity contribution < 1.29 is 22.6 Å². The lowest BCUT2D eigenvalue weighted by Crippen LogP contribution is -2.21. The SMILES string of the molecule is COc1ccc(OC)c(CSc2nnc(C(F)(F)F)n2N)c1. The molecule has 1 aromatic carbocycles. The molecule has 0 aliphatic heterocycles. The molecule has 0 fully saturated rings. The van der Waals surface area contributed by atoms with Crippen molar-refractivity contribution in [3.8, 4) is 11.5 Å². The van der Waals surface area contributed by atoms with Gasteiger partial charge in [-0.05, 0) is 18.2 Å². The standard InChI is InChI=1S/C12H13F3N4O2S/c1-20-8-3-4-9(21-2)7(5-8)6-22-11-18-17-10(19(11)16)12(13,14)15/h3-5H,6,16H2,1-2H3. The molecule has 10 heteroatoms. The summed E-state index contributed by atoms with van der Waals surface area (Å²) in [4.78, 5) is 0. The highest BCUT2D eigenvalue weighted by molar-refractivity contribution is 7.98. The van der Waals surface area contributed by atoms with E-state index in [0.717, 1.165) is 17.3 Å². The Morgan fingerprint density at radius 3 is 2.50 bits per heavy atom. The molecule has 0 spiro atoms. The number of aromatic nitrogens is 3. The molecule has 0 aliphatic rings. The summed E-state index contributed by atoms with van der Waals surface area (Å²) in [7, 11) is 3.02. The molecule has 0 radical (unpaired) electrons. The molecule has 120 valence electrons. The van der Waals surface area contributed by atoms with E-state index in [1.54, 1.807) is 18.2 Å². The van der Waals surface area contributed by atoms with Crippen LogP contribution < -0.4 is 15.3 Å². The van der Waals surface area contributed by atoms with Crippen molar-refractivity contribution in [3.63, 3.8) is 0 Å². The molecule has 22 heavy (non-hydrogen) atoms. The van der Waals surface area contributed by atoms with Crippen LogP contribution in [-0.2, 0) is 11.9 Å². The van der Waals surface area contributed by atoms with Crippen LogP contribution in [0.2, 0.25) is 0 Å². The minimum Gasteiger partial charge on any atom is -0.497 e. The van der Waals surface area contributed by atoms with Gasteiger partial charge in [0.05, 0.1) is 14.2 Å². The molecular formula is C12H13F3N4O2S. The zero-order chi connectivity index (χ0) is 16.3. The fourth-order valence-corrected chi connectivity index (χ4v) is 2.54. The highest BCUT2D eigenvalue weighted by atomic mass is 32.2. The predicted molar refractivity (Wildman–Crippen MR) is 74.3 cm³/mol. The number of thioether (sulfide) groups is 1. The third-order valence-corrected chi connectivity index (χ3v) is 3.75. The Kier molecular flexibility index (Phi) is 4.69. The number of halogens is 3. The highest BCUT2D eigenvalue weighted by Gasteiger charge is 2.38. The van der Waals surface area contributed by atoms with Gasteiger partial charge < -0.3 is 15.3 Å². The number of ether oxygens (including phenoxy) is 2. The van der Waals surface area contributed by atoms with Crippen molar-refractivity contribution in [3.05, 3.63) is 29.6 Å². The summed E-state index contributed by atoms with van der Waals surface area (Å²) in [6.45, 7) is 0. The minimum atomic E-state index is -4.64. The van der Waals surface area contributed by atoms with Crippen molar-refractivity contribution in [2.75, 3.05) is 20.1 Å². The number of hydrogen-bond acceptors (Lipinski definition) is 6. The van der Waals surface area contributed by atoms with Crippen LogP contribution >= 0.6 is 11.8 Å². The first-order valence-corrected chi connectivity index (χ1v) is 6.96. The number of nitrogens with two attached hydrogens (primary N) is 1. The van der Waals surface area contributed by atoms with Gasteiger partial charge in [0.2, 0.25) is 5.16 Å². The van der Waals surface area contributed by atoms with E-state index in [1.807, 2.05) is 0 Å². The van der Waals surface area contributed by atoms with Crippen LogP contribution in [0.3, 0.4) is 0 Å². The van der Waals surface area contributed by atoms with E-state index in [-0.39, 0.29) is 5.16 Å². The molecule has 1 aromatic heterocycles. The van der Waals surface area contributed by atoms with Crippen LogP contribution in [0.15, 0.2) is 23.4 Å². The lowest BCUT2D eigenvalue weighted by molar-refractivity contribution is -0.146. The zero-order valence-corrected chi connectivity index (χ0v) is 12.5. The first-order valence-electron chi connectivity index (χ1n) is 5.98. The first kappa shape index (κ1) is 16.3. The summed E-state index contributed by atoms with van der Waals surface area (Å²) in [6.07, 6.45) is -4.64. The van der Waals surface area contributed by atoms with Gasteiger partial charge in [0.1, 0.15) is 11.5 Å². The quantitative estimate of drug-likeness (QED) is 0.668. The maximum absolute atomic E-state index is 12.6.